The van der Waals surface area contributed by atoms with Crippen LogP contribution in [-0.4, -0.2) is 23.3 Å². The first-order valence-electron chi connectivity index (χ1n) is 9.64. The van der Waals surface area contributed by atoms with Crippen molar-refractivity contribution in [1.29, 1.82) is 0 Å². The van der Waals surface area contributed by atoms with Crippen molar-refractivity contribution in [3.8, 4) is 11.5 Å². The zero-order valence-corrected chi connectivity index (χ0v) is 16.1. The second kappa shape index (κ2) is 7.80. The van der Waals surface area contributed by atoms with Crippen LogP contribution in [0.15, 0.2) is 60.7 Å². The molecule has 3 aromatic carbocycles. The number of nitrogens with one attached hydrogen (secondary N) is 1. The van der Waals surface area contributed by atoms with Gasteiger partial charge in [0.1, 0.15) is 11.5 Å². The third-order valence-corrected chi connectivity index (χ3v) is 4.95. The Labute approximate surface area is 169 Å². The summed E-state index contributed by atoms with van der Waals surface area (Å²) in [7, 11) is 0. The summed E-state index contributed by atoms with van der Waals surface area (Å²) < 4.78 is 5.67. The number of rotatable bonds is 6. The van der Waals surface area contributed by atoms with Crippen molar-refractivity contribution >= 4 is 22.9 Å². The fraction of sp³-hybridized carbons (Fsp3) is 0.167. The first-order chi connectivity index (χ1) is 14.1. The van der Waals surface area contributed by atoms with E-state index < -0.39 is 0 Å². The number of anilines is 2. The van der Waals surface area contributed by atoms with E-state index in [1.165, 1.54) is 6.07 Å². The minimum atomic E-state index is -0.351. The average Bonchev–Trinajstić information content (AvgIpc) is 2.74. The molecule has 4 rings (SSSR count). The molecule has 29 heavy (non-hydrogen) atoms. The van der Waals surface area contributed by atoms with E-state index in [-0.39, 0.29) is 28.4 Å². The number of hydrogen-bond donors (Lipinski definition) is 2. The predicted octanol–water partition coefficient (Wildman–Crippen LogP) is 5.09. The third-order valence-electron chi connectivity index (χ3n) is 4.95. The van der Waals surface area contributed by atoms with Gasteiger partial charge in [0.05, 0.1) is 23.4 Å². The molecule has 0 atom stereocenters. The Balaban J connectivity index is 1.67. The molecule has 0 saturated carbocycles. The fourth-order valence-corrected chi connectivity index (χ4v) is 3.43. The van der Waals surface area contributed by atoms with Crippen molar-refractivity contribution in [2.45, 2.75) is 19.8 Å². The molecule has 0 aromatic heterocycles. The zero-order chi connectivity index (χ0) is 20.4. The quantitative estimate of drug-likeness (QED) is 0.356. The summed E-state index contributed by atoms with van der Waals surface area (Å²) in [6.07, 6.45) is 2.07. The lowest BCUT2D eigenvalue weighted by Crippen LogP contribution is -2.22. The average molecular weight is 387 g/mol. The zero-order valence-electron chi connectivity index (χ0n) is 16.1. The van der Waals surface area contributed by atoms with Crippen molar-refractivity contribution in [1.82, 2.24) is 0 Å². The van der Waals surface area contributed by atoms with E-state index >= 15 is 0 Å². The third kappa shape index (κ3) is 3.47. The molecule has 0 bridgehead atoms. The molecular formula is C24H21NO4. The van der Waals surface area contributed by atoms with Crippen molar-refractivity contribution in [3.63, 3.8) is 0 Å². The summed E-state index contributed by atoms with van der Waals surface area (Å²) in [5.74, 6) is -0.0564. The molecule has 0 unspecified atom stereocenters. The summed E-state index contributed by atoms with van der Waals surface area (Å²) >= 11 is 0. The molecule has 146 valence electrons. The van der Waals surface area contributed by atoms with Gasteiger partial charge in [0.15, 0.2) is 11.6 Å². The molecule has 1 aliphatic carbocycles. The van der Waals surface area contributed by atoms with Crippen molar-refractivity contribution in [3.05, 3.63) is 82.9 Å². The Kier molecular flexibility index (Phi) is 5.04. The molecule has 0 radical (unpaired) electrons. The predicted molar refractivity (Wildman–Crippen MR) is 112 cm³/mol. The van der Waals surface area contributed by atoms with E-state index in [1.54, 1.807) is 30.3 Å². The number of carbonyl (C=O) groups excluding carboxylic acids is 2. The number of ketones is 2. The summed E-state index contributed by atoms with van der Waals surface area (Å²) in [5.41, 5.74) is 2.12. The SMILES string of the molecule is CCCCOc1ccc(Nc2ccc(O)c3c2C(=O)c2ccccc2C3=O)cc1. The van der Waals surface area contributed by atoms with Gasteiger partial charge < -0.3 is 15.2 Å². The molecule has 5 heteroatoms. The lowest BCUT2D eigenvalue weighted by atomic mass is 9.82. The maximum atomic E-state index is 13.1. The highest BCUT2D eigenvalue weighted by atomic mass is 16.5. The van der Waals surface area contributed by atoms with Gasteiger partial charge in [-0.2, -0.15) is 0 Å². The largest absolute Gasteiger partial charge is 0.507 e. The van der Waals surface area contributed by atoms with Crippen LogP contribution in [0.1, 0.15) is 51.6 Å². The highest BCUT2D eigenvalue weighted by Gasteiger charge is 2.33. The Morgan fingerprint density at radius 3 is 2.17 bits per heavy atom. The van der Waals surface area contributed by atoms with E-state index in [9.17, 15) is 14.7 Å². The lowest BCUT2D eigenvalue weighted by Gasteiger charge is -2.21. The molecule has 0 amide bonds. The number of phenolic OH excluding ortho intramolecular Hbond substituents is 1. The van der Waals surface area contributed by atoms with Gasteiger partial charge in [0.2, 0.25) is 0 Å². The van der Waals surface area contributed by atoms with Gasteiger partial charge >= 0.3 is 0 Å². The number of ether oxygens (including phenoxy) is 1. The Hall–Kier alpha value is -3.60. The number of carbonyl (C=O) groups is 2. The van der Waals surface area contributed by atoms with Crippen molar-refractivity contribution in [2.24, 2.45) is 0 Å². The Bertz CT molecular complexity index is 1090. The molecule has 5 nitrogen and oxygen atoms in total. The number of unbranched alkanes of at least 4 members (excludes halogenated alkanes) is 1. The second-order valence-corrected chi connectivity index (χ2v) is 6.94. The van der Waals surface area contributed by atoms with Crippen LogP contribution in [0.5, 0.6) is 11.5 Å². The first-order valence-corrected chi connectivity index (χ1v) is 9.64. The van der Waals surface area contributed by atoms with E-state index in [0.29, 0.717) is 23.4 Å². The van der Waals surface area contributed by atoms with Crippen LogP contribution in [0.3, 0.4) is 0 Å². The maximum Gasteiger partial charge on any atom is 0.198 e. The topological polar surface area (TPSA) is 75.6 Å². The number of fused-ring (bicyclic) bond motifs is 2. The van der Waals surface area contributed by atoms with E-state index in [2.05, 4.69) is 12.2 Å². The summed E-state index contributed by atoms with van der Waals surface area (Å²) in [5, 5.41) is 13.5. The molecule has 0 heterocycles. The van der Waals surface area contributed by atoms with Gasteiger partial charge in [0, 0.05) is 16.8 Å². The fourth-order valence-electron chi connectivity index (χ4n) is 3.43. The molecule has 0 spiro atoms. The Morgan fingerprint density at radius 1 is 0.862 bits per heavy atom. The number of hydrogen-bond acceptors (Lipinski definition) is 5. The summed E-state index contributed by atoms with van der Waals surface area (Å²) in [6.45, 7) is 2.78. The molecular weight excluding hydrogens is 366 g/mol. The minimum absolute atomic E-state index is 0.0400. The smallest absolute Gasteiger partial charge is 0.198 e. The molecule has 1 aliphatic rings. The van der Waals surface area contributed by atoms with Crippen LogP contribution in [-0.2, 0) is 0 Å². The second-order valence-electron chi connectivity index (χ2n) is 6.94. The monoisotopic (exact) mass is 387 g/mol. The maximum absolute atomic E-state index is 13.1. The van der Waals surface area contributed by atoms with Gasteiger partial charge in [-0.3, -0.25) is 9.59 Å². The molecule has 0 aliphatic heterocycles. The van der Waals surface area contributed by atoms with Crippen molar-refractivity contribution in [2.75, 3.05) is 11.9 Å². The van der Waals surface area contributed by atoms with Crippen LogP contribution in [0.25, 0.3) is 0 Å². The number of aromatic hydroxyl groups is 1. The number of benzene rings is 3. The van der Waals surface area contributed by atoms with Crippen molar-refractivity contribution < 1.29 is 19.4 Å². The van der Waals surface area contributed by atoms with Crippen LogP contribution >= 0.6 is 0 Å². The lowest BCUT2D eigenvalue weighted by molar-refractivity contribution is 0.0977. The highest BCUT2D eigenvalue weighted by molar-refractivity contribution is 6.31. The van der Waals surface area contributed by atoms with Gasteiger partial charge in [0.25, 0.3) is 0 Å². The van der Waals surface area contributed by atoms with Gasteiger partial charge in [-0.25, -0.2) is 0 Å². The summed E-state index contributed by atoms with van der Waals surface area (Å²) in [4.78, 5) is 26.0. The summed E-state index contributed by atoms with van der Waals surface area (Å²) in [6, 6.07) is 17.1. The molecule has 2 N–H and O–H groups in total. The normalized spacial score (nSPS) is 12.3. The molecule has 0 fully saturated rings. The van der Waals surface area contributed by atoms with Crippen LogP contribution in [0.4, 0.5) is 11.4 Å². The first kappa shape index (κ1) is 18.7. The number of phenols is 1. The van der Waals surface area contributed by atoms with E-state index in [4.69, 9.17) is 4.74 Å². The van der Waals surface area contributed by atoms with Gasteiger partial charge in [-0.05, 0) is 42.8 Å². The van der Waals surface area contributed by atoms with E-state index in [1.807, 2.05) is 24.3 Å². The highest BCUT2D eigenvalue weighted by Crippen LogP contribution is 2.38. The molecule has 3 aromatic rings. The van der Waals surface area contributed by atoms with Crippen LogP contribution in [0.2, 0.25) is 0 Å². The van der Waals surface area contributed by atoms with Gasteiger partial charge in [-0.1, -0.05) is 37.6 Å². The van der Waals surface area contributed by atoms with Crippen LogP contribution in [0, 0.1) is 0 Å². The standard InChI is InChI=1S/C24H21NO4/c1-2-3-14-29-16-10-8-15(9-11-16)25-19-12-13-20(26)22-21(19)23(27)17-6-4-5-7-18(17)24(22)28/h4-13,25-26H,2-3,14H2,1H3. The minimum Gasteiger partial charge on any atom is -0.507 e. The van der Waals surface area contributed by atoms with Crippen LogP contribution < -0.4 is 10.1 Å². The van der Waals surface area contributed by atoms with Gasteiger partial charge in [-0.15, -0.1) is 0 Å². The Morgan fingerprint density at radius 2 is 1.52 bits per heavy atom. The molecule has 0 saturated heterocycles. The van der Waals surface area contributed by atoms with E-state index in [0.717, 1.165) is 24.3 Å².